The first-order chi connectivity index (χ1) is 11.8. The molecule has 4 saturated carbocycles. The first-order valence-electron chi connectivity index (χ1n) is 10.2. The Kier molecular flexibility index (Phi) is 4.16. The minimum absolute atomic E-state index is 0.0274. The second-order valence-electron chi connectivity index (χ2n) is 9.86. The molecule has 0 saturated heterocycles. The number of hydrogen-bond acceptors (Lipinski definition) is 4. The standard InChI is InChI=1S/C21H32O4/c1-20-8-7-13(23)9-12(20)3-4-14-15-5-6-16(18(25)11-22)21(15,2)10-17(24)19(14)20/h12-16,19,22-23H,3-11H2,1-2H3/t12-,13+,14?,15?,16+,19?,20-,21-/m0/s1. The predicted molar refractivity (Wildman–Crippen MR) is 93.7 cm³/mol. The summed E-state index contributed by atoms with van der Waals surface area (Å²) >= 11 is 0. The Hall–Kier alpha value is -0.740. The number of Topliss-reactive ketones (excluding diaryl/α,β-unsaturated/α-hetero) is 2. The van der Waals surface area contributed by atoms with Crippen molar-refractivity contribution in [2.45, 2.75) is 71.3 Å². The van der Waals surface area contributed by atoms with Crippen molar-refractivity contribution in [2.75, 3.05) is 6.61 Å². The van der Waals surface area contributed by atoms with Gasteiger partial charge < -0.3 is 10.2 Å². The number of aliphatic hydroxyl groups excluding tert-OH is 2. The number of aliphatic hydroxyl groups is 2. The molecule has 8 atom stereocenters. The van der Waals surface area contributed by atoms with E-state index in [9.17, 15) is 19.8 Å². The van der Waals surface area contributed by atoms with Crippen LogP contribution in [0.5, 0.6) is 0 Å². The molecular weight excluding hydrogens is 316 g/mol. The van der Waals surface area contributed by atoms with Gasteiger partial charge in [0.05, 0.1) is 6.10 Å². The van der Waals surface area contributed by atoms with E-state index >= 15 is 0 Å². The summed E-state index contributed by atoms with van der Waals surface area (Å²) in [5, 5.41) is 19.5. The zero-order valence-corrected chi connectivity index (χ0v) is 15.5. The highest BCUT2D eigenvalue weighted by Gasteiger charge is 2.63. The molecule has 0 aromatic rings. The molecule has 140 valence electrons. The SMILES string of the molecule is C[C@]12CC(=O)C3C(CC[C@H]4C[C@H](O)CC[C@]34C)C1CC[C@@H]2C(=O)CO. The molecule has 4 aliphatic carbocycles. The van der Waals surface area contributed by atoms with E-state index < -0.39 is 6.61 Å². The number of fused-ring (bicyclic) bond motifs is 5. The zero-order valence-electron chi connectivity index (χ0n) is 15.5. The number of rotatable bonds is 2. The number of carbonyl (C=O) groups excluding carboxylic acids is 2. The second kappa shape index (κ2) is 5.88. The van der Waals surface area contributed by atoms with Crippen molar-refractivity contribution in [2.24, 2.45) is 40.4 Å². The van der Waals surface area contributed by atoms with Crippen LogP contribution < -0.4 is 0 Å². The van der Waals surface area contributed by atoms with Crippen LogP contribution in [0.3, 0.4) is 0 Å². The molecule has 4 heteroatoms. The highest BCUT2D eigenvalue weighted by atomic mass is 16.3. The predicted octanol–water partition coefficient (Wildman–Crippen LogP) is 2.75. The van der Waals surface area contributed by atoms with E-state index in [1.165, 1.54) is 0 Å². The highest BCUT2D eigenvalue weighted by Crippen LogP contribution is 2.66. The van der Waals surface area contributed by atoms with Crippen LogP contribution in [0, 0.1) is 40.4 Å². The first-order valence-corrected chi connectivity index (χ1v) is 10.2. The Morgan fingerprint density at radius 3 is 2.60 bits per heavy atom. The minimum atomic E-state index is -0.396. The lowest BCUT2D eigenvalue weighted by atomic mass is 9.44. The Morgan fingerprint density at radius 1 is 1.12 bits per heavy atom. The summed E-state index contributed by atoms with van der Waals surface area (Å²) in [4.78, 5) is 25.6. The summed E-state index contributed by atoms with van der Waals surface area (Å²) in [5.74, 6) is 1.52. The van der Waals surface area contributed by atoms with Gasteiger partial charge >= 0.3 is 0 Å². The van der Waals surface area contributed by atoms with Crippen molar-refractivity contribution in [1.82, 2.24) is 0 Å². The van der Waals surface area contributed by atoms with Gasteiger partial charge in [0.1, 0.15) is 12.4 Å². The molecule has 25 heavy (non-hydrogen) atoms. The summed E-state index contributed by atoms with van der Waals surface area (Å²) in [5.41, 5.74) is -0.227. The molecule has 2 N–H and O–H groups in total. The number of ketones is 2. The van der Waals surface area contributed by atoms with Crippen molar-refractivity contribution in [3.63, 3.8) is 0 Å². The van der Waals surface area contributed by atoms with Crippen LogP contribution in [0.15, 0.2) is 0 Å². The Morgan fingerprint density at radius 2 is 1.88 bits per heavy atom. The first kappa shape index (κ1) is 17.7. The third-order valence-electron chi connectivity index (χ3n) is 8.87. The van der Waals surface area contributed by atoms with Gasteiger partial charge in [-0.3, -0.25) is 9.59 Å². The third-order valence-corrected chi connectivity index (χ3v) is 8.87. The zero-order chi connectivity index (χ0) is 18.0. The Bertz CT molecular complexity index is 586. The summed E-state index contributed by atoms with van der Waals surface area (Å²) in [6.45, 7) is 4.04. The van der Waals surface area contributed by atoms with Crippen LogP contribution in [0.25, 0.3) is 0 Å². The van der Waals surface area contributed by atoms with E-state index in [1.807, 2.05) is 0 Å². The Labute approximate surface area is 150 Å². The maximum atomic E-state index is 13.3. The van der Waals surface area contributed by atoms with Crippen LogP contribution in [0.2, 0.25) is 0 Å². The number of carbonyl (C=O) groups is 2. The molecule has 0 aliphatic heterocycles. The van der Waals surface area contributed by atoms with Crippen molar-refractivity contribution in [3.05, 3.63) is 0 Å². The van der Waals surface area contributed by atoms with Crippen LogP contribution in [0.4, 0.5) is 0 Å². The molecule has 0 aromatic heterocycles. The van der Waals surface area contributed by atoms with Crippen LogP contribution in [0.1, 0.15) is 65.2 Å². The van der Waals surface area contributed by atoms with Crippen molar-refractivity contribution >= 4 is 11.6 Å². The molecular formula is C21H32O4. The molecule has 0 heterocycles. The molecule has 3 unspecified atom stereocenters. The lowest BCUT2D eigenvalue weighted by molar-refractivity contribution is -0.162. The lowest BCUT2D eigenvalue weighted by Gasteiger charge is -2.59. The van der Waals surface area contributed by atoms with Gasteiger partial charge in [0.2, 0.25) is 0 Å². The maximum absolute atomic E-state index is 13.3. The second-order valence-corrected chi connectivity index (χ2v) is 9.86. The van der Waals surface area contributed by atoms with Crippen molar-refractivity contribution < 1.29 is 19.8 Å². The molecule has 4 fully saturated rings. The largest absolute Gasteiger partial charge is 0.393 e. The average molecular weight is 348 g/mol. The molecule has 0 radical (unpaired) electrons. The minimum Gasteiger partial charge on any atom is -0.393 e. The van der Waals surface area contributed by atoms with E-state index in [0.29, 0.717) is 30.0 Å². The summed E-state index contributed by atoms with van der Waals surface area (Å²) < 4.78 is 0. The molecule has 4 nitrogen and oxygen atoms in total. The fraction of sp³-hybridized carbons (Fsp3) is 0.905. The lowest BCUT2D eigenvalue weighted by Crippen LogP contribution is -2.58. The molecule has 0 spiro atoms. The highest BCUT2D eigenvalue weighted by molar-refractivity contribution is 5.88. The molecule has 0 bridgehead atoms. The summed E-state index contributed by atoms with van der Waals surface area (Å²) in [6.07, 6.45) is 6.93. The van der Waals surface area contributed by atoms with Gasteiger partial charge in [0, 0.05) is 18.3 Å². The van der Waals surface area contributed by atoms with Gasteiger partial charge in [-0.05, 0) is 73.5 Å². The van der Waals surface area contributed by atoms with Crippen LogP contribution >= 0.6 is 0 Å². The quantitative estimate of drug-likeness (QED) is 0.805. The van der Waals surface area contributed by atoms with E-state index in [4.69, 9.17) is 0 Å². The number of hydrogen-bond donors (Lipinski definition) is 2. The van der Waals surface area contributed by atoms with Gasteiger partial charge in [-0.25, -0.2) is 0 Å². The van der Waals surface area contributed by atoms with E-state index in [-0.39, 0.29) is 34.6 Å². The van der Waals surface area contributed by atoms with E-state index in [1.54, 1.807) is 0 Å². The molecule has 0 aromatic carbocycles. The van der Waals surface area contributed by atoms with Crippen LogP contribution in [-0.4, -0.2) is 34.5 Å². The molecule has 4 aliphatic rings. The van der Waals surface area contributed by atoms with E-state index in [0.717, 1.165) is 44.9 Å². The Balaban J connectivity index is 1.66. The van der Waals surface area contributed by atoms with Crippen LogP contribution in [-0.2, 0) is 9.59 Å². The third kappa shape index (κ3) is 2.39. The van der Waals surface area contributed by atoms with Gasteiger partial charge in [-0.1, -0.05) is 13.8 Å². The summed E-state index contributed by atoms with van der Waals surface area (Å²) in [7, 11) is 0. The van der Waals surface area contributed by atoms with Gasteiger partial charge in [0.15, 0.2) is 5.78 Å². The topological polar surface area (TPSA) is 74.6 Å². The van der Waals surface area contributed by atoms with Gasteiger partial charge in [-0.2, -0.15) is 0 Å². The summed E-state index contributed by atoms with van der Waals surface area (Å²) in [6, 6.07) is 0. The molecule has 0 amide bonds. The monoisotopic (exact) mass is 348 g/mol. The van der Waals surface area contributed by atoms with Crippen molar-refractivity contribution in [3.8, 4) is 0 Å². The smallest absolute Gasteiger partial charge is 0.161 e. The van der Waals surface area contributed by atoms with E-state index in [2.05, 4.69) is 13.8 Å². The fourth-order valence-electron chi connectivity index (χ4n) is 7.69. The fourth-order valence-corrected chi connectivity index (χ4v) is 7.69. The maximum Gasteiger partial charge on any atom is 0.161 e. The van der Waals surface area contributed by atoms with Gasteiger partial charge in [-0.15, -0.1) is 0 Å². The normalized spacial score (nSPS) is 52.2. The van der Waals surface area contributed by atoms with Gasteiger partial charge in [0.25, 0.3) is 0 Å². The average Bonchev–Trinajstić information content (AvgIpc) is 2.91. The molecule has 4 rings (SSSR count). The van der Waals surface area contributed by atoms with Crippen molar-refractivity contribution in [1.29, 1.82) is 0 Å².